The molecule has 0 radical (unpaired) electrons. The van der Waals surface area contributed by atoms with Crippen molar-refractivity contribution in [3.05, 3.63) is 0 Å². The van der Waals surface area contributed by atoms with Crippen molar-refractivity contribution >= 4 is 17.7 Å². The Hall–Kier alpha value is -0.220. The summed E-state index contributed by atoms with van der Waals surface area (Å²) in [7, 11) is 0. The van der Waals surface area contributed by atoms with Gasteiger partial charge in [-0.1, -0.05) is 6.92 Å². The number of ether oxygens (including phenoxy) is 1. The third-order valence-corrected chi connectivity index (χ3v) is 5.97. The molecule has 1 aliphatic carbocycles. The molecule has 2 aliphatic rings. The van der Waals surface area contributed by atoms with Crippen LogP contribution in [0, 0.1) is 5.92 Å². The van der Waals surface area contributed by atoms with Crippen LogP contribution < -0.4 is 0 Å². The smallest absolute Gasteiger partial charge is 0.248 e. The summed E-state index contributed by atoms with van der Waals surface area (Å²) in [6.45, 7) is 6.37. The van der Waals surface area contributed by atoms with Crippen LogP contribution in [0.15, 0.2) is 0 Å². The van der Waals surface area contributed by atoms with E-state index in [1.165, 1.54) is 31.4 Å². The zero-order chi connectivity index (χ0) is 14.4. The van der Waals surface area contributed by atoms with Gasteiger partial charge in [-0.15, -0.1) is 0 Å². The number of hydrogen-bond acceptors (Lipinski definition) is 3. The lowest BCUT2D eigenvalue weighted by Gasteiger charge is -2.28. The first-order valence-electron chi connectivity index (χ1n) is 8.20. The number of carbonyl (C=O) groups excluding carboxylic acids is 1. The highest BCUT2D eigenvalue weighted by atomic mass is 32.2. The van der Waals surface area contributed by atoms with Crippen LogP contribution in [-0.4, -0.2) is 47.6 Å². The Morgan fingerprint density at radius 2 is 2.00 bits per heavy atom. The first-order valence-corrected chi connectivity index (χ1v) is 9.25. The molecule has 4 heteroatoms. The molecule has 0 spiro atoms. The van der Waals surface area contributed by atoms with Crippen LogP contribution in [0.4, 0.5) is 0 Å². The van der Waals surface area contributed by atoms with Crippen LogP contribution in [0.3, 0.4) is 0 Å². The molecule has 2 fully saturated rings. The fraction of sp³-hybridized carbons (Fsp3) is 0.938. The molecule has 0 aromatic heterocycles. The fourth-order valence-electron chi connectivity index (χ4n) is 3.12. The number of hydrogen-bond donors (Lipinski definition) is 0. The summed E-state index contributed by atoms with van der Waals surface area (Å²) in [5, 5.41) is 0.648. The highest BCUT2D eigenvalue weighted by Crippen LogP contribution is 2.27. The van der Waals surface area contributed by atoms with Gasteiger partial charge in [-0.2, -0.15) is 11.8 Å². The van der Waals surface area contributed by atoms with Gasteiger partial charge in [0, 0.05) is 18.3 Å². The van der Waals surface area contributed by atoms with Crippen LogP contribution in [0.5, 0.6) is 0 Å². The largest absolute Gasteiger partial charge is 0.368 e. The Labute approximate surface area is 127 Å². The zero-order valence-corrected chi connectivity index (χ0v) is 13.8. The fourth-order valence-corrected chi connectivity index (χ4v) is 4.40. The maximum atomic E-state index is 12.3. The van der Waals surface area contributed by atoms with Crippen molar-refractivity contribution < 1.29 is 9.53 Å². The molecule has 2 rings (SSSR count). The van der Waals surface area contributed by atoms with Crippen LogP contribution in [0.25, 0.3) is 0 Å². The molecule has 0 N–H and O–H groups in total. The van der Waals surface area contributed by atoms with Gasteiger partial charge in [0.05, 0.1) is 6.10 Å². The summed E-state index contributed by atoms with van der Waals surface area (Å²) in [6, 6.07) is 0. The number of likely N-dealkylation sites (N-methyl/N-ethyl adjacent to an activating group) is 1. The molecule has 1 saturated carbocycles. The Morgan fingerprint density at radius 3 is 2.60 bits per heavy atom. The lowest BCUT2D eigenvalue weighted by atomic mass is 9.89. The van der Waals surface area contributed by atoms with Gasteiger partial charge in [-0.3, -0.25) is 4.79 Å². The maximum absolute atomic E-state index is 12.3. The summed E-state index contributed by atoms with van der Waals surface area (Å²) in [5.41, 5.74) is 0. The van der Waals surface area contributed by atoms with Crippen molar-refractivity contribution in [1.82, 2.24) is 4.90 Å². The van der Waals surface area contributed by atoms with Gasteiger partial charge in [0.15, 0.2) is 0 Å². The average molecular weight is 299 g/mol. The van der Waals surface area contributed by atoms with E-state index in [1.807, 2.05) is 16.7 Å². The summed E-state index contributed by atoms with van der Waals surface area (Å²) in [5.74, 6) is 2.27. The minimum Gasteiger partial charge on any atom is -0.368 e. The van der Waals surface area contributed by atoms with Crippen LogP contribution in [0.2, 0.25) is 0 Å². The van der Waals surface area contributed by atoms with Crippen LogP contribution >= 0.6 is 11.8 Å². The van der Waals surface area contributed by atoms with Gasteiger partial charge in [0.2, 0.25) is 5.91 Å². The Kier molecular flexibility index (Phi) is 6.69. The molecule has 3 nitrogen and oxygen atoms in total. The average Bonchev–Trinajstić information content (AvgIpc) is 2.97. The summed E-state index contributed by atoms with van der Waals surface area (Å²) in [4.78, 5) is 14.2. The van der Waals surface area contributed by atoms with E-state index in [9.17, 15) is 4.79 Å². The molecule has 1 atom stereocenters. The monoisotopic (exact) mass is 299 g/mol. The highest BCUT2D eigenvalue weighted by Gasteiger charge is 2.23. The molecule has 1 unspecified atom stereocenters. The van der Waals surface area contributed by atoms with E-state index >= 15 is 0 Å². The van der Waals surface area contributed by atoms with Crippen molar-refractivity contribution in [2.45, 2.75) is 63.7 Å². The van der Waals surface area contributed by atoms with Gasteiger partial charge < -0.3 is 9.64 Å². The van der Waals surface area contributed by atoms with Crippen molar-refractivity contribution in [2.24, 2.45) is 5.92 Å². The Bertz CT molecular complexity index is 297. The van der Waals surface area contributed by atoms with E-state index in [0.29, 0.717) is 11.4 Å². The van der Waals surface area contributed by atoms with E-state index in [4.69, 9.17) is 4.74 Å². The molecule has 116 valence electrons. The second-order valence-electron chi connectivity index (χ2n) is 6.26. The highest BCUT2D eigenvalue weighted by molar-refractivity contribution is 8.00. The van der Waals surface area contributed by atoms with E-state index < -0.39 is 0 Å². The SMILES string of the molecule is CCN(CC1CCCS1)C(=O)COC1CCC(C)CC1. The number of thioether (sulfide) groups is 1. The summed E-state index contributed by atoms with van der Waals surface area (Å²) in [6.07, 6.45) is 7.62. The maximum Gasteiger partial charge on any atom is 0.248 e. The van der Waals surface area contributed by atoms with Crippen molar-refractivity contribution in [1.29, 1.82) is 0 Å². The first kappa shape index (κ1) is 16.2. The number of nitrogens with zero attached hydrogens (tertiary/aromatic N) is 1. The van der Waals surface area contributed by atoms with Crippen LogP contribution in [0.1, 0.15) is 52.4 Å². The molecule has 1 aliphatic heterocycles. The summed E-state index contributed by atoms with van der Waals surface area (Å²) < 4.78 is 5.84. The normalized spacial score (nSPS) is 30.4. The van der Waals surface area contributed by atoms with Crippen molar-refractivity contribution in [3.8, 4) is 0 Å². The molecule has 20 heavy (non-hydrogen) atoms. The van der Waals surface area contributed by atoms with E-state index in [0.717, 1.165) is 31.8 Å². The second-order valence-corrected chi connectivity index (χ2v) is 7.67. The van der Waals surface area contributed by atoms with E-state index in [1.54, 1.807) is 0 Å². The van der Waals surface area contributed by atoms with Gasteiger partial charge in [-0.25, -0.2) is 0 Å². The minimum absolute atomic E-state index is 0.179. The van der Waals surface area contributed by atoms with Crippen molar-refractivity contribution in [3.63, 3.8) is 0 Å². The second kappa shape index (κ2) is 8.28. The van der Waals surface area contributed by atoms with Gasteiger partial charge in [0.25, 0.3) is 0 Å². The lowest BCUT2D eigenvalue weighted by molar-refractivity contribution is -0.138. The van der Waals surface area contributed by atoms with E-state index in [2.05, 4.69) is 13.8 Å². The van der Waals surface area contributed by atoms with Gasteiger partial charge in [-0.05, 0) is 57.1 Å². The zero-order valence-electron chi connectivity index (χ0n) is 13.0. The number of rotatable bonds is 6. The quantitative estimate of drug-likeness (QED) is 0.753. The Morgan fingerprint density at radius 1 is 1.25 bits per heavy atom. The topological polar surface area (TPSA) is 29.5 Å². The number of amides is 1. The Balaban J connectivity index is 1.68. The predicted molar refractivity (Wildman–Crippen MR) is 85.1 cm³/mol. The molecule has 0 bridgehead atoms. The summed E-state index contributed by atoms with van der Waals surface area (Å²) >= 11 is 2.02. The lowest BCUT2D eigenvalue weighted by Crippen LogP contribution is -2.39. The van der Waals surface area contributed by atoms with Gasteiger partial charge >= 0.3 is 0 Å². The molecular weight excluding hydrogens is 270 g/mol. The standard InChI is InChI=1S/C16H29NO2S/c1-3-17(11-15-5-4-10-20-15)16(18)12-19-14-8-6-13(2)7-9-14/h13-15H,3-12H2,1-2H3. The molecular formula is C16H29NO2S. The van der Waals surface area contributed by atoms with Crippen molar-refractivity contribution in [2.75, 3.05) is 25.4 Å². The van der Waals surface area contributed by atoms with Crippen LogP contribution in [-0.2, 0) is 9.53 Å². The molecule has 0 aromatic rings. The molecule has 1 amide bonds. The molecule has 1 saturated heterocycles. The third kappa shape index (κ3) is 4.96. The minimum atomic E-state index is 0.179. The first-order chi connectivity index (χ1) is 9.69. The van der Waals surface area contributed by atoms with Gasteiger partial charge in [0.1, 0.15) is 6.61 Å². The molecule has 1 heterocycles. The predicted octanol–water partition coefficient (Wildman–Crippen LogP) is 3.33. The van der Waals surface area contributed by atoms with E-state index in [-0.39, 0.29) is 12.5 Å². The molecule has 0 aromatic carbocycles. The third-order valence-electron chi connectivity index (χ3n) is 4.59. The number of carbonyl (C=O) groups is 1.